The van der Waals surface area contributed by atoms with Crippen molar-refractivity contribution in [2.24, 2.45) is 0 Å². The molecule has 0 spiro atoms. The number of halogens is 1. The summed E-state index contributed by atoms with van der Waals surface area (Å²) in [4.78, 5) is 14.6. The molecule has 0 bridgehead atoms. The van der Waals surface area contributed by atoms with Crippen molar-refractivity contribution < 1.29 is 4.79 Å². The summed E-state index contributed by atoms with van der Waals surface area (Å²) in [6.45, 7) is 7.81. The van der Waals surface area contributed by atoms with Crippen LogP contribution in [0, 0.1) is 6.92 Å². The lowest BCUT2D eigenvalue weighted by Gasteiger charge is -2.37. The molecule has 0 radical (unpaired) electrons. The van der Waals surface area contributed by atoms with Gasteiger partial charge in [0.15, 0.2) is 0 Å². The van der Waals surface area contributed by atoms with Crippen LogP contribution in [0.25, 0.3) is 0 Å². The van der Waals surface area contributed by atoms with Crippen molar-refractivity contribution in [3.05, 3.63) is 33.8 Å². The number of carbonyl (C=O) groups excluding carboxylic acids is 1. The quantitative estimate of drug-likeness (QED) is 0.864. The van der Waals surface area contributed by atoms with E-state index in [-0.39, 0.29) is 11.9 Å². The molecule has 2 atom stereocenters. The summed E-state index contributed by atoms with van der Waals surface area (Å²) in [5.74, 6) is 0.134. The first-order valence-electron chi connectivity index (χ1n) is 6.29. The Balaban J connectivity index is 2.27. The summed E-state index contributed by atoms with van der Waals surface area (Å²) in [5, 5.41) is 3.39. The molecule has 1 aliphatic rings. The fourth-order valence-corrected chi connectivity index (χ4v) is 2.64. The number of nitrogens with one attached hydrogen (secondary N) is 1. The molecule has 1 fully saturated rings. The van der Waals surface area contributed by atoms with Gasteiger partial charge in [0.25, 0.3) is 5.91 Å². The molecular weight excluding hydrogens is 292 g/mol. The molecule has 1 aliphatic heterocycles. The van der Waals surface area contributed by atoms with Gasteiger partial charge >= 0.3 is 0 Å². The Morgan fingerprint density at radius 1 is 1.44 bits per heavy atom. The monoisotopic (exact) mass is 310 g/mol. The minimum atomic E-state index is 0.134. The maximum atomic E-state index is 12.6. The number of hydrogen-bond acceptors (Lipinski definition) is 2. The van der Waals surface area contributed by atoms with E-state index in [4.69, 9.17) is 0 Å². The van der Waals surface area contributed by atoms with Crippen LogP contribution in [0.15, 0.2) is 22.7 Å². The molecule has 1 N–H and O–H groups in total. The molecule has 1 heterocycles. The number of carbonyl (C=O) groups is 1. The SMILES string of the molecule is Cc1ccc(Br)cc1C(=O)N1CC(C)NCC1C. The lowest BCUT2D eigenvalue weighted by molar-refractivity contribution is 0.0615. The topological polar surface area (TPSA) is 32.3 Å². The van der Waals surface area contributed by atoms with Crippen molar-refractivity contribution in [2.75, 3.05) is 13.1 Å². The predicted octanol–water partition coefficient (Wildman–Crippen LogP) is 2.58. The molecule has 18 heavy (non-hydrogen) atoms. The van der Waals surface area contributed by atoms with Crippen LogP contribution in [0.5, 0.6) is 0 Å². The molecule has 2 rings (SSSR count). The van der Waals surface area contributed by atoms with Crippen molar-refractivity contribution in [3.8, 4) is 0 Å². The first-order valence-corrected chi connectivity index (χ1v) is 7.09. The highest BCUT2D eigenvalue weighted by atomic mass is 79.9. The molecule has 3 nitrogen and oxygen atoms in total. The van der Waals surface area contributed by atoms with E-state index in [1.54, 1.807) is 0 Å². The molecule has 1 aromatic rings. The van der Waals surface area contributed by atoms with Crippen molar-refractivity contribution >= 4 is 21.8 Å². The van der Waals surface area contributed by atoms with Crippen LogP contribution in [0.3, 0.4) is 0 Å². The van der Waals surface area contributed by atoms with E-state index in [0.717, 1.165) is 28.7 Å². The molecule has 0 aromatic heterocycles. The zero-order chi connectivity index (χ0) is 13.3. The van der Waals surface area contributed by atoms with Crippen molar-refractivity contribution in [1.82, 2.24) is 10.2 Å². The van der Waals surface area contributed by atoms with Crippen LogP contribution >= 0.6 is 15.9 Å². The Morgan fingerprint density at radius 3 is 2.89 bits per heavy atom. The molecule has 4 heteroatoms. The highest BCUT2D eigenvalue weighted by molar-refractivity contribution is 9.10. The largest absolute Gasteiger partial charge is 0.333 e. The number of piperazine rings is 1. The van der Waals surface area contributed by atoms with Crippen molar-refractivity contribution in [3.63, 3.8) is 0 Å². The van der Waals surface area contributed by atoms with Gasteiger partial charge < -0.3 is 10.2 Å². The van der Waals surface area contributed by atoms with E-state index >= 15 is 0 Å². The van der Waals surface area contributed by atoms with Crippen molar-refractivity contribution in [2.45, 2.75) is 32.9 Å². The zero-order valence-corrected chi connectivity index (χ0v) is 12.6. The molecule has 2 unspecified atom stereocenters. The van der Waals surface area contributed by atoms with Gasteiger partial charge in [-0.1, -0.05) is 22.0 Å². The van der Waals surface area contributed by atoms with E-state index in [1.165, 1.54) is 0 Å². The van der Waals surface area contributed by atoms with Gasteiger partial charge in [0, 0.05) is 35.2 Å². The highest BCUT2D eigenvalue weighted by Gasteiger charge is 2.28. The van der Waals surface area contributed by atoms with E-state index < -0.39 is 0 Å². The van der Waals surface area contributed by atoms with Gasteiger partial charge in [-0.2, -0.15) is 0 Å². The molecular formula is C14H19BrN2O. The second kappa shape index (κ2) is 5.41. The third-order valence-corrected chi connectivity index (χ3v) is 3.95. The summed E-state index contributed by atoms with van der Waals surface area (Å²) in [7, 11) is 0. The van der Waals surface area contributed by atoms with Gasteiger partial charge in [-0.05, 0) is 38.5 Å². The second-order valence-electron chi connectivity index (χ2n) is 5.08. The Hall–Kier alpha value is -0.870. The fraction of sp³-hybridized carbons (Fsp3) is 0.500. The summed E-state index contributed by atoms with van der Waals surface area (Å²) in [6.07, 6.45) is 0. The minimum absolute atomic E-state index is 0.134. The van der Waals surface area contributed by atoms with Crippen LogP contribution in [0.4, 0.5) is 0 Å². The van der Waals surface area contributed by atoms with Crippen molar-refractivity contribution in [1.29, 1.82) is 0 Å². The van der Waals surface area contributed by atoms with Gasteiger partial charge in [0.05, 0.1) is 0 Å². The highest BCUT2D eigenvalue weighted by Crippen LogP contribution is 2.20. The van der Waals surface area contributed by atoms with Crippen LogP contribution < -0.4 is 5.32 Å². The fourth-order valence-electron chi connectivity index (χ4n) is 2.28. The second-order valence-corrected chi connectivity index (χ2v) is 5.99. The maximum absolute atomic E-state index is 12.6. The Kier molecular flexibility index (Phi) is 4.07. The average molecular weight is 311 g/mol. The van der Waals surface area contributed by atoms with E-state index in [1.807, 2.05) is 30.0 Å². The molecule has 0 aliphatic carbocycles. The average Bonchev–Trinajstić information content (AvgIpc) is 2.34. The molecule has 98 valence electrons. The molecule has 1 amide bonds. The third-order valence-electron chi connectivity index (χ3n) is 3.46. The Labute approximate surface area is 117 Å². The number of hydrogen-bond donors (Lipinski definition) is 1. The van der Waals surface area contributed by atoms with Gasteiger partial charge in [-0.15, -0.1) is 0 Å². The third kappa shape index (κ3) is 2.75. The van der Waals surface area contributed by atoms with Crippen LogP contribution in [-0.4, -0.2) is 36.0 Å². The first kappa shape index (κ1) is 13.6. The Bertz CT molecular complexity index is 461. The number of aryl methyl sites for hydroxylation is 1. The number of rotatable bonds is 1. The van der Waals surface area contributed by atoms with Gasteiger partial charge in [-0.25, -0.2) is 0 Å². The molecule has 1 aromatic carbocycles. The summed E-state index contributed by atoms with van der Waals surface area (Å²) >= 11 is 3.43. The van der Waals surface area contributed by atoms with Crippen LogP contribution in [-0.2, 0) is 0 Å². The smallest absolute Gasteiger partial charge is 0.254 e. The van der Waals surface area contributed by atoms with Gasteiger partial charge in [0.2, 0.25) is 0 Å². The van der Waals surface area contributed by atoms with E-state index in [2.05, 4.69) is 35.1 Å². The summed E-state index contributed by atoms with van der Waals surface area (Å²) < 4.78 is 0.951. The standard InChI is InChI=1S/C14H19BrN2O/c1-9-4-5-12(15)6-13(9)14(18)17-8-10(2)16-7-11(17)3/h4-6,10-11,16H,7-8H2,1-3H3. The minimum Gasteiger partial charge on any atom is -0.333 e. The molecule has 1 saturated heterocycles. The number of amides is 1. The van der Waals surface area contributed by atoms with Gasteiger partial charge in [0.1, 0.15) is 0 Å². The summed E-state index contributed by atoms with van der Waals surface area (Å²) in [6, 6.07) is 6.46. The summed E-state index contributed by atoms with van der Waals surface area (Å²) in [5.41, 5.74) is 1.83. The number of benzene rings is 1. The van der Waals surface area contributed by atoms with Gasteiger partial charge in [-0.3, -0.25) is 4.79 Å². The van der Waals surface area contributed by atoms with Crippen LogP contribution in [0.2, 0.25) is 0 Å². The lowest BCUT2D eigenvalue weighted by Crippen LogP contribution is -2.56. The molecule has 0 saturated carbocycles. The Morgan fingerprint density at radius 2 is 2.17 bits per heavy atom. The predicted molar refractivity (Wildman–Crippen MR) is 76.8 cm³/mol. The maximum Gasteiger partial charge on any atom is 0.254 e. The normalized spacial score (nSPS) is 24.1. The van der Waals surface area contributed by atoms with Crippen LogP contribution in [0.1, 0.15) is 29.8 Å². The van der Waals surface area contributed by atoms with E-state index in [0.29, 0.717) is 6.04 Å². The lowest BCUT2D eigenvalue weighted by atomic mass is 10.0. The first-order chi connectivity index (χ1) is 8.49. The van der Waals surface area contributed by atoms with E-state index in [9.17, 15) is 4.79 Å². The number of nitrogens with zero attached hydrogens (tertiary/aromatic N) is 1. The zero-order valence-electron chi connectivity index (χ0n) is 11.0.